The van der Waals surface area contributed by atoms with Crippen molar-refractivity contribution in [3.63, 3.8) is 0 Å². The molecule has 0 amide bonds. The van der Waals surface area contributed by atoms with Crippen molar-refractivity contribution in [3.8, 4) is 0 Å². The summed E-state index contributed by atoms with van der Waals surface area (Å²) in [6.45, 7) is 1.96. The maximum atomic E-state index is 14.0. The van der Waals surface area contributed by atoms with E-state index < -0.39 is 12.0 Å². The van der Waals surface area contributed by atoms with Crippen molar-refractivity contribution in [2.45, 2.75) is 13.0 Å². The summed E-state index contributed by atoms with van der Waals surface area (Å²) in [4.78, 5) is 36.1. The molecule has 6 nitrogen and oxygen atoms in total. The second-order valence-corrected chi connectivity index (χ2v) is 10.2. The summed E-state index contributed by atoms with van der Waals surface area (Å²) in [5.41, 5.74) is 3.97. The zero-order valence-corrected chi connectivity index (χ0v) is 21.9. The van der Waals surface area contributed by atoms with Crippen LogP contribution in [0.25, 0.3) is 22.7 Å². The van der Waals surface area contributed by atoms with E-state index in [9.17, 15) is 9.59 Å². The zero-order valence-electron chi connectivity index (χ0n) is 20.4. The van der Waals surface area contributed by atoms with E-state index in [1.54, 1.807) is 23.6 Å². The lowest BCUT2D eigenvalue weighted by molar-refractivity contribution is -0.138. The number of para-hydroxylation sites is 1. The number of carbonyl (C=O) groups excluding carboxylic acids is 1. The zero-order chi connectivity index (χ0) is 26.2. The predicted molar refractivity (Wildman–Crippen MR) is 151 cm³/mol. The first-order valence-corrected chi connectivity index (χ1v) is 13.3. The smallest absolute Gasteiger partial charge is 0.338 e. The molecular weight excluding hydrogens is 518 g/mol. The Labute approximate surface area is 226 Å². The highest BCUT2D eigenvalue weighted by molar-refractivity contribution is 7.07. The summed E-state index contributed by atoms with van der Waals surface area (Å²) >= 11 is 7.49. The molecule has 0 spiro atoms. The quantitative estimate of drug-likeness (QED) is 0.317. The van der Waals surface area contributed by atoms with Crippen LogP contribution in [-0.4, -0.2) is 22.1 Å². The largest absolute Gasteiger partial charge is 0.463 e. The van der Waals surface area contributed by atoms with Crippen molar-refractivity contribution in [1.82, 2.24) is 9.55 Å². The first-order valence-electron chi connectivity index (χ1n) is 12.1. The van der Waals surface area contributed by atoms with E-state index in [-0.39, 0.29) is 12.2 Å². The molecule has 188 valence electrons. The van der Waals surface area contributed by atoms with Gasteiger partial charge in [0.15, 0.2) is 4.80 Å². The molecule has 2 aromatic heterocycles. The molecule has 6 rings (SSSR count). The van der Waals surface area contributed by atoms with E-state index in [0.29, 0.717) is 25.6 Å². The summed E-state index contributed by atoms with van der Waals surface area (Å²) < 4.78 is 7.61. The van der Waals surface area contributed by atoms with Crippen molar-refractivity contribution in [2.75, 3.05) is 6.61 Å². The number of thiazole rings is 1. The molecule has 0 bridgehead atoms. The molecular formula is C30H22ClN3O3S. The fraction of sp³-hybridized carbons (Fsp3) is 0.100. The van der Waals surface area contributed by atoms with E-state index in [4.69, 9.17) is 21.3 Å². The average molecular weight is 540 g/mol. The number of aromatic amines is 1. The summed E-state index contributed by atoms with van der Waals surface area (Å²) in [5, 5.41) is 1.58. The van der Waals surface area contributed by atoms with Crippen molar-refractivity contribution in [2.24, 2.45) is 4.99 Å². The minimum atomic E-state index is -0.733. The molecule has 1 atom stereocenters. The minimum Gasteiger partial charge on any atom is -0.463 e. The van der Waals surface area contributed by atoms with Crippen LogP contribution in [-0.2, 0) is 9.53 Å². The normalized spacial score (nSPS) is 15.4. The summed E-state index contributed by atoms with van der Waals surface area (Å²) in [5.74, 6) is -0.513. The van der Waals surface area contributed by atoms with E-state index in [2.05, 4.69) is 4.98 Å². The third-order valence-corrected chi connectivity index (χ3v) is 7.70. The summed E-state index contributed by atoms with van der Waals surface area (Å²) in [6.07, 6.45) is 3.76. The van der Waals surface area contributed by atoms with Crippen LogP contribution in [0.15, 0.2) is 100 Å². The number of hydrogen-bond acceptors (Lipinski definition) is 5. The fourth-order valence-corrected chi connectivity index (χ4v) is 5.87. The Bertz CT molecular complexity index is 1880. The predicted octanol–water partition coefficient (Wildman–Crippen LogP) is 5.07. The highest BCUT2D eigenvalue weighted by Crippen LogP contribution is 2.35. The van der Waals surface area contributed by atoms with Gasteiger partial charge in [-0.2, -0.15) is 0 Å². The lowest BCUT2D eigenvalue weighted by atomic mass is 9.93. The number of ether oxygens (including phenoxy) is 1. The number of halogens is 1. The van der Waals surface area contributed by atoms with Crippen LogP contribution < -0.4 is 14.9 Å². The number of rotatable bonds is 5. The molecule has 0 fully saturated rings. The molecule has 0 saturated carbocycles. The molecule has 3 aromatic carbocycles. The SMILES string of the molecule is CCOC(=O)C1=C(c2ccccc2)N=c2s/c(=C\c3c[nH]c4ccccc34)c(=O)n2C1c1ccc(Cl)cc1. The molecule has 1 aliphatic rings. The van der Waals surface area contributed by atoms with Crippen LogP contribution in [0.4, 0.5) is 0 Å². The molecule has 38 heavy (non-hydrogen) atoms. The van der Waals surface area contributed by atoms with Crippen LogP contribution in [0.3, 0.4) is 0 Å². The van der Waals surface area contributed by atoms with E-state index >= 15 is 0 Å². The number of esters is 1. The van der Waals surface area contributed by atoms with Crippen molar-refractivity contribution >= 4 is 51.6 Å². The molecule has 1 unspecified atom stereocenters. The molecule has 5 aromatic rings. The van der Waals surface area contributed by atoms with Gasteiger partial charge in [0, 0.05) is 33.2 Å². The van der Waals surface area contributed by atoms with Crippen LogP contribution in [0.5, 0.6) is 0 Å². The maximum absolute atomic E-state index is 14.0. The Hall–Kier alpha value is -4.20. The standard InChI is InChI=1S/C30H22ClN3O3S/c1-2-37-29(36)25-26(18-8-4-3-5-9-18)33-30-34(27(25)19-12-14-21(31)15-13-19)28(35)24(38-30)16-20-17-32-23-11-7-6-10-22(20)23/h3-17,27,32H,2H2,1H3/b24-16-. The molecule has 8 heteroatoms. The Morgan fingerprint density at radius 3 is 2.58 bits per heavy atom. The molecule has 1 N–H and O–H groups in total. The summed E-state index contributed by atoms with van der Waals surface area (Å²) in [6, 6.07) is 23.9. The first kappa shape index (κ1) is 24.2. The van der Waals surface area contributed by atoms with Crippen LogP contribution >= 0.6 is 22.9 Å². The van der Waals surface area contributed by atoms with Crippen molar-refractivity contribution in [3.05, 3.63) is 132 Å². The van der Waals surface area contributed by atoms with Gasteiger partial charge in [0.05, 0.1) is 28.5 Å². The second-order valence-electron chi connectivity index (χ2n) is 8.77. The molecule has 3 heterocycles. The maximum Gasteiger partial charge on any atom is 0.338 e. The third kappa shape index (κ3) is 4.20. The van der Waals surface area contributed by atoms with Gasteiger partial charge in [-0.3, -0.25) is 9.36 Å². The second kappa shape index (κ2) is 9.93. The number of fused-ring (bicyclic) bond motifs is 2. The Balaban J connectivity index is 1.65. The van der Waals surface area contributed by atoms with Gasteiger partial charge in [0.2, 0.25) is 0 Å². The monoisotopic (exact) mass is 539 g/mol. The van der Waals surface area contributed by atoms with Crippen LogP contribution in [0.1, 0.15) is 29.7 Å². The van der Waals surface area contributed by atoms with E-state index in [0.717, 1.165) is 27.6 Å². The minimum absolute atomic E-state index is 0.197. The van der Waals surface area contributed by atoms with Gasteiger partial charge in [0.25, 0.3) is 5.56 Å². The molecule has 0 radical (unpaired) electrons. The lowest BCUT2D eigenvalue weighted by Crippen LogP contribution is -2.40. The third-order valence-electron chi connectivity index (χ3n) is 6.47. The fourth-order valence-electron chi connectivity index (χ4n) is 4.76. The van der Waals surface area contributed by atoms with Crippen molar-refractivity contribution in [1.29, 1.82) is 0 Å². The van der Waals surface area contributed by atoms with Gasteiger partial charge in [-0.25, -0.2) is 9.79 Å². The number of carbonyl (C=O) groups is 1. The number of hydrogen-bond donors (Lipinski definition) is 1. The number of nitrogens with zero attached hydrogens (tertiary/aromatic N) is 2. The Morgan fingerprint density at radius 1 is 1.08 bits per heavy atom. The number of aromatic nitrogens is 2. The first-order chi connectivity index (χ1) is 18.5. The highest BCUT2D eigenvalue weighted by atomic mass is 35.5. The van der Waals surface area contributed by atoms with Gasteiger partial charge in [-0.1, -0.05) is 83.6 Å². The van der Waals surface area contributed by atoms with Crippen LogP contribution in [0.2, 0.25) is 5.02 Å². The van der Waals surface area contributed by atoms with E-state index in [1.807, 2.05) is 79.0 Å². The Morgan fingerprint density at radius 2 is 1.82 bits per heavy atom. The average Bonchev–Trinajstić information content (AvgIpc) is 3.49. The molecule has 0 saturated heterocycles. The van der Waals surface area contributed by atoms with Gasteiger partial charge >= 0.3 is 5.97 Å². The van der Waals surface area contributed by atoms with Crippen LogP contribution in [0, 0.1) is 0 Å². The van der Waals surface area contributed by atoms with Crippen molar-refractivity contribution < 1.29 is 9.53 Å². The number of H-pyrrole nitrogens is 1. The number of benzene rings is 3. The van der Waals surface area contributed by atoms with E-state index in [1.165, 1.54) is 11.3 Å². The van der Waals surface area contributed by atoms with Gasteiger partial charge in [-0.15, -0.1) is 0 Å². The van der Waals surface area contributed by atoms with Gasteiger partial charge in [-0.05, 0) is 36.8 Å². The topological polar surface area (TPSA) is 76.4 Å². The summed E-state index contributed by atoms with van der Waals surface area (Å²) in [7, 11) is 0. The Kier molecular flexibility index (Phi) is 6.31. The number of nitrogens with one attached hydrogen (secondary N) is 1. The van der Waals surface area contributed by atoms with Gasteiger partial charge < -0.3 is 9.72 Å². The lowest BCUT2D eigenvalue weighted by Gasteiger charge is -2.25. The molecule has 0 aliphatic carbocycles. The highest BCUT2D eigenvalue weighted by Gasteiger charge is 2.35. The van der Waals surface area contributed by atoms with Gasteiger partial charge in [0.1, 0.15) is 0 Å². The molecule has 1 aliphatic heterocycles.